The van der Waals surface area contributed by atoms with Gasteiger partial charge in [0.15, 0.2) is 17.6 Å². The van der Waals surface area contributed by atoms with E-state index in [0.29, 0.717) is 40.3 Å². The molecule has 0 atom stereocenters. The Morgan fingerprint density at radius 1 is 1.11 bits per heavy atom. The third kappa shape index (κ3) is 3.29. The normalized spacial score (nSPS) is 10.8. The van der Waals surface area contributed by atoms with Gasteiger partial charge >= 0.3 is 0 Å². The number of methoxy groups -OCH3 is 2. The van der Waals surface area contributed by atoms with Crippen LogP contribution in [0.4, 0.5) is 5.82 Å². The Kier molecular flexibility index (Phi) is 4.72. The summed E-state index contributed by atoms with van der Waals surface area (Å²) in [5.41, 5.74) is 2.21. The molecule has 7 nitrogen and oxygen atoms in total. The van der Waals surface area contributed by atoms with E-state index in [0.717, 1.165) is 11.3 Å². The summed E-state index contributed by atoms with van der Waals surface area (Å²) in [6.45, 7) is 0.513. The number of fused-ring (bicyclic) bond motifs is 1. The number of para-hydroxylation sites is 1. The van der Waals surface area contributed by atoms with Crippen molar-refractivity contribution in [2.24, 2.45) is 0 Å². The number of nitrogens with one attached hydrogen (secondary N) is 2. The lowest BCUT2D eigenvalue weighted by molar-refractivity contribution is 0.410. The molecule has 2 aromatic heterocycles. The number of anilines is 1. The second-order valence-corrected chi connectivity index (χ2v) is 6.18. The molecule has 2 N–H and O–H groups in total. The molecule has 2 heterocycles. The number of benzene rings is 2. The number of hydrogen-bond donors (Lipinski definition) is 2. The summed E-state index contributed by atoms with van der Waals surface area (Å²) in [7, 11) is 3.21. The maximum Gasteiger partial charge on any atom is 0.191 e. The molecular formula is C21H19N3O4. The lowest BCUT2D eigenvalue weighted by Crippen LogP contribution is -2.09. The molecule has 4 rings (SSSR count). The van der Waals surface area contributed by atoms with E-state index in [9.17, 15) is 4.79 Å². The van der Waals surface area contributed by atoms with Crippen LogP contribution >= 0.6 is 0 Å². The first-order chi connectivity index (χ1) is 13.7. The van der Waals surface area contributed by atoms with Crippen molar-refractivity contribution >= 4 is 16.7 Å². The lowest BCUT2D eigenvalue weighted by atomic mass is 10.1. The van der Waals surface area contributed by atoms with Crippen molar-refractivity contribution in [1.29, 1.82) is 0 Å². The zero-order chi connectivity index (χ0) is 19.5. The molecule has 0 aliphatic heterocycles. The summed E-state index contributed by atoms with van der Waals surface area (Å²) in [6.07, 6.45) is 2.93. The molecule has 0 amide bonds. The zero-order valence-electron chi connectivity index (χ0n) is 15.5. The van der Waals surface area contributed by atoms with Crippen molar-refractivity contribution in [2.75, 3.05) is 19.5 Å². The highest BCUT2D eigenvalue weighted by atomic mass is 16.5. The lowest BCUT2D eigenvalue weighted by Gasteiger charge is -2.12. The second kappa shape index (κ2) is 7.48. The van der Waals surface area contributed by atoms with Gasteiger partial charge in [0, 0.05) is 29.6 Å². The Hall–Kier alpha value is -3.74. The van der Waals surface area contributed by atoms with E-state index in [1.165, 1.54) is 12.5 Å². The average Bonchev–Trinajstić information content (AvgIpc) is 3.26. The van der Waals surface area contributed by atoms with Crippen LogP contribution in [-0.2, 0) is 6.54 Å². The van der Waals surface area contributed by atoms with Crippen LogP contribution < -0.4 is 20.2 Å². The Morgan fingerprint density at radius 3 is 2.68 bits per heavy atom. The maximum atomic E-state index is 12.7. The number of oxazole rings is 1. The third-order valence-corrected chi connectivity index (χ3v) is 4.51. The van der Waals surface area contributed by atoms with E-state index < -0.39 is 0 Å². The van der Waals surface area contributed by atoms with Crippen molar-refractivity contribution in [1.82, 2.24) is 9.97 Å². The monoisotopic (exact) mass is 377 g/mol. The van der Waals surface area contributed by atoms with E-state index in [-0.39, 0.29) is 5.43 Å². The third-order valence-electron chi connectivity index (χ3n) is 4.51. The Labute approximate surface area is 160 Å². The summed E-state index contributed by atoms with van der Waals surface area (Å²) in [6, 6.07) is 12.8. The minimum atomic E-state index is -0.111. The highest BCUT2D eigenvalue weighted by molar-refractivity contribution is 5.88. The second-order valence-electron chi connectivity index (χ2n) is 6.18. The summed E-state index contributed by atoms with van der Waals surface area (Å²) in [5, 5.41) is 3.78. The number of nitrogens with zero attached hydrogens (tertiary/aromatic N) is 1. The van der Waals surface area contributed by atoms with Crippen LogP contribution in [-0.4, -0.2) is 24.2 Å². The fourth-order valence-electron chi connectivity index (χ4n) is 3.12. The summed E-state index contributed by atoms with van der Waals surface area (Å²) >= 11 is 0. The van der Waals surface area contributed by atoms with Crippen LogP contribution in [0.2, 0.25) is 0 Å². The zero-order valence-corrected chi connectivity index (χ0v) is 15.5. The summed E-state index contributed by atoms with van der Waals surface area (Å²) in [5.74, 6) is 2.52. The first-order valence-electron chi connectivity index (χ1n) is 8.69. The molecule has 4 aromatic rings. The largest absolute Gasteiger partial charge is 0.496 e. The van der Waals surface area contributed by atoms with Gasteiger partial charge < -0.3 is 24.2 Å². The predicted octanol–water partition coefficient (Wildman–Crippen LogP) is 3.81. The molecule has 0 aliphatic rings. The molecule has 0 bridgehead atoms. The molecule has 0 saturated carbocycles. The minimum absolute atomic E-state index is 0.111. The Morgan fingerprint density at radius 2 is 1.93 bits per heavy atom. The van der Waals surface area contributed by atoms with Crippen molar-refractivity contribution in [3.05, 3.63) is 70.8 Å². The number of pyridine rings is 1. The van der Waals surface area contributed by atoms with Crippen LogP contribution in [0.15, 0.2) is 64.3 Å². The van der Waals surface area contributed by atoms with E-state index in [1.54, 1.807) is 32.5 Å². The standard InChI is InChI=1S/C21H19N3O4/c1-26-18-6-4-3-5-13(18)10-23-21-9-17(25)14-7-15(20-11-22-12-28-20)19(27-2)8-16(14)24-21/h3-9,11-12H,10H2,1-2H3,(H2,23,24,25). The highest BCUT2D eigenvalue weighted by Gasteiger charge is 2.13. The van der Waals surface area contributed by atoms with Gasteiger partial charge in [-0.25, -0.2) is 4.98 Å². The summed E-state index contributed by atoms with van der Waals surface area (Å²) in [4.78, 5) is 19.9. The van der Waals surface area contributed by atoms with Gasteiger partial charge in [-0.2, -0.15) is 0 Å². The smallest absolute Gasteiger partial charge is 0.191 e. The topological polar surface area (TPSA) is 89.4 Å². The highest BCUT2D eigenvalue weighted by Crippen LogP contribution is 2.33. The van der Waals surface area contributed by atoms with E-state index in [4.69, 9.17) is 13.9 Å². The molecule has 2 aromatic carbocycles. The number of ether oxygens (including phenoxy) is 2. The molecule has 0 aliphatic carbocycles. The quantitative estimate of drug-likeness (QED) is 0.531. The molecule has 28 heavy (non-hydrogen) atoms. The van der Waals surface area contributed by atoms with Crippen LogP contribution in [0.5, 0.6) is 11.5 Å². The van der Waals surface area contributed by atoms with Crippen molar-refractivity contribution < 1.29 is 13.9 Å². The van der Waals surface area contributed by atoms with Crippen LogP contribution in [0.25, 0.3) is 22.2 Å². The number of rotatable bonds is 6. The minimum Gasteiger partial charge on any atom is -0.496 e. The molecule has 0 saturated heterocycles. The SMILES string of the molecule is COc1ccccc1CNc1cc(=O)c2cc(-c3cnco3)c(OC)cc2[nH]1. The van der Waals surface area contributed by atoms with E-state index in [2.05, 4.69) is 15.3 Å². The van der Waals surface area contributed by atoms with Crippen molar-refractivity contribution in [3.8, 4) is 22.8 Å². The molecule has 7 heteroatoms. The van der Waals surface area contributed by atoms with E-state index in [1.807, 2.05) is 24.3 Å². The molecule has 0 spiro atoms. The number of hydrogen-bond acceptors (Lipinski definition) is 6. The van der Waals surface area contributed by atoms with Gasteiger partial charge in [0.25, 0.3) is 0 Å². The first kappa shape index (κ1) is 17.7. The van der Waals surface area contributed by atoms with Crippen LogP contribution in [0.3, 0.4) is 0 Å². The maximum absolute atomic E-state index is 12.7. The van der Waals surface area contributed by atoms with Gasteiger partial charge in [-0.1, -0.05) is 18.2 Å². The number of aromatic nitrogens is 2. The van der Waals surface area contributed by atoms with Gasteiger partial charge in [0.1, 0.15) is 17.3 Å². The summed E-state index contributed by atoms with van der Waals surface area (Å²) < 4.78 is 16.2. The fraction of sp³-hybridized carbons (Fsp3) is 0.143. The predicted molar refractivity (Wildman–Crippen MR) is 107 cm³/mol. The molecule has 0 fully saturated rings. The van der Waals surface area contributed by atoms with Crippen LogP contribution in [0, 0.1) is 0 Å². The van der Waals surface area contributed by atoms with Crippen molar-refractivity contribution in [3.63, 3.8) is 0 Å². The molecule has 0 unspecified atom stereocenters. The van der Waals surface area contributed by atoms with Gasteiger partial charge in [-0.05, 0) is 12.1 Å². The van der Waals surface area contributed by atoms with E-state index >= 15 is 0 Å². The number of aromatic amines is 1. The molecule has 142 valence electrons. The molecular weight excluding hydrogens is 358 g/mol. The van der Waals surface area contributed by atoms with Gasteiger partial charge in [-0.3, -0.25) is 4.79 Å². The Balaban J connectivity index is 1.70. The van der Waals surface area contributed by atoms with Gasteiger partial charge in [0.05, 0.1) is 31.5 Å². The average molecular weight is 377 g/mol. The van der Waals surface area contributed by atoms with Gasteiger partial charge in [0.2, 0.25) is 0 Å². The van der Waals surface area contributed by atoms with Gasteiger partial charge in [-0.15, -0.1) is 0 Å². The fourth-order valence-corrected chi connectivity index (χ4v) is 3.12. The first-order valence-corrected chi connectivity index (χ1v) is 8.69. The van der Waals surface area contributed by atoms with Crippen molar-refractivity contribution in [2.45, 2.75) is 6.54 Å². The number of H-pyrrole nitrogens is 1. The van der Waals surface area contributed by atoms with Crippen LogP contribution in [0.1, 0.15) is 5.56 Å². The Bertz CT molecular complexity index is 1170. The molecule has 0 radical (unpaired) electrons.